The molecule has 0 atom stereocenters. The van der Waals surface area contributed by atoms with Crippen LogP contribution in [0.4, 0.5) is 0 Å². The largest absolute Gasteiger partial charge is 0.507 e. The summed E-state index contributed by atoms with van der Waals surface area (Å²) in [6.07, 6.45) is 1.62. The molecule has 0 unspecified atom stereocenters. The zero-order valence-electron chi connectivity index (χ0n) is 19.4. The van der Waals surface area contributed by atoms with Crippen LogP contribution >= 0.6 is 0 Å². The lowest BCUT2D eigenvalue weighted by Gasteiger charge is -2.15. The number of rotatable bonds is 6. The van der Waals surface area contributed by atoms with Crippen molar-refractivity contribution >= 4 is 0 Å². The van der Waals surface area contributed by atoms with Crippen LogP contribution < -0.4 is 14.2 Å². The summed E-state index contributed by atoms with van der Waals surface area (Å²) in [5.41, 5.74) is 6.22. The Bertz CT molecular complexity index is 1300. The summed E-state index contributed by atoms with van der Waals surface area (Å²) in [6, 6.07) is 19.6. The lowest BCUT2D eigenvalue weighted by atomic mass is 9.96. The summed E-state index contributed by atoms with van der Waals surface area (Å²) in [4.78, 5) is 0. The van der Waals surface area contributed by atoms with Gasteiger partial charge in [-0.25, -0.2) is 0 Å². The summed E-state index contributed by atoms with van der Waals surface area (Å²) in [6.45, 7) is 5.76. The van der Waals surface area contributed by atoms with Crippen LogP contribution in [0.3, 0.4) is 0 Å². The molecule has 2 heterocycles. The van der Waals surface area contributed by atoms with Crippen molar-refractivity contribution in [1.29, 1.82) is 0 Å². The van der Waals surface area contributed by atoms with Gasteiger partial charge >= 0.3 is 0 Å². The molecule has 5 rings (SSSR count). The van der Waals surface area contributed by atoms with E-state index in [-0.39, 0.29) is 5.75 Å². The second-order valence-corrected chi connectivity index (χ2v) is 8.39. The average Bonchev–Trinajstić information content (AvgIpc) is 3.08. The lowest BCUT2D eigenvalue weighted by molar-refractivity contribution is 0.297. The second-order valence-electron chi connectivity index (χ2n) is 8.39. The maximum absolute atomic E-state index is 11.0. The average molecular weight is 457 g/mol. The zero-order valence-corrected chi connectivity index (χ0v) is 19.4. The van der Waals surface area contributed by atoms with Crippen molar-refractivity contribution < 1.29 is 19.3 Å². The van der Waals surface area contributed by atoms with Gasteiger partial charge in [0.1, 0.15) is 23.8 Å². The van der Waals surface area contributed by atoms with E-state index in [4.69, 9.17) is 14.2 Å². The fraction of sp³-hybridized carbons (Fsp3) is 0.250. The molecule has 0 radical (unpaired) electrons. The van der Waals surface area contributed by atoms with E-state index in [1.165, 1.54) is 0 Å². The highest BCUT2D eigenvalue weighted by Gasteiger charge is 2.21. The second kappa shape index (κ2) is 9.51. The monoisotopic (exact) mass is 456 g/mol. The molecule has 1 aliphatic heterocycles. The van der Waals surface area contributed by atoms with Crippen molar-refractivity contribution in [1.82, 2.24) is 10.2 Å². The van der Waals surface area contributed by atoms with E-state index in [0.29, 0.717) is 36.8 Å². The minimum absolute atomic E-state index is 0.127. The number of phenols is 1. The van der Waals surface area contributed by atoms with E-state index in [1.54, 1.807) is 6.07 Å². The van der Waals surface area contributed by atoms with E-state index in [9.17, 15) is 5.11 Å². The Labute approximate surface area is 199 Å². The van der Waals surface area contributed by atoms with Crippen molar-refractivity contribution in [3.8, 4) is 45.4 Å². The zero-order chi connectivity index (χ0) is 23.5. The Balaban J connectivity index is 1.51. The van der Waals surface area contributed by atoms with E-state index in [1.807, 2.05) is 61.5 Å². The third-order valence-electron chi connectivity index (χ3n) is 6.04. The maximum atomic E-state index is 11.0. The van der Waals surface area contributed by atoms with E-state index >= 15 is 0 Å². The summed E-state index contributed by atoms with van der Waals surface area (Å²) in [5, 5.41) is 18.6. The van der Waals surface area contributed by atoms with Crippen molar-refractivity contribution in [2.75, 3.05) is 13.2 Å². The quantitative estimate of drug-likeness (QED) is 0.369. The molecule has 0 saturated carbocycles. The van der Waals surface area contributed by atoms with Gasteiger partial charge in [-0.1, -0.05) is 43.3 Å². The highest BCUT2D eigenvalue weighted by Crippen LogP contribution is 2.42. The van der Waals surface area contributed by atoms with Gasteiger partial charge < -0.3 is 19.3 Å². The number of hydrogen-bond donors (Lipinski definition) is 2. The predicted molar refractivity (Wildman–Crippen MR) is 132 cm³/mol. The van der Waals surface area contributed by atoms with Crippen LogP contribution in [0.1, 0.15) is 30.2 Å². The van der Waals surface area contributed by atoms with Crippen LogP contribution in [-0.2, 0) is 13.0 Å². The van der Waals surface area contributed by atoms with Crippen molar-refractivity contribution in [3.63, 3.8) is 0 Å². The Hall–Kier alpha value is -3.93. The number of nitrogens with one attached hydrogen (secondary N) is 1. The summed E-state index contributed by atoms with van der Waals surface area (Å²) < 4.78 is 17.7. The van der Waals surface area contributed by atoms with Gasteiger partial charge in [0.05, 0.1) is 13.2 Å². The van der Waals surface area contributed by atoms with Crippen molar-refractivity contribution in [3.05, 3.63) is 77.5 Å². The van der Waals surface area contributed by atoms with Gasteiger partial charge in [-0.05, 0) is 48.2 Å². The number of hydrogen-bond acceptors (Lipinski definition) is 5. The van der Waals surface area contributed by atoms with Crippen LogP contribution in [-0.4, -0.2) is 28.5 Å². The molecule has 0 fully saturated rings. The molecular weight excluding hydrogens is 428 g/mol. The molecule has 3 aromatic carbocycles. The van der Waals surface area contributed by atoms with Gasteiger partial charge in [-0.15, -0.1) is 0 Å². The molecule has 0 spiro atoms. The molecule has 2 N–H and O–H groups in total. The van der Waals surface area contributed by atoms with Crippen LogP contribution in [0.5, 0.6) is 23.0 Å². The molecule has 1 aliphatic rings. The molecule has 0 bridgehead atoms. The number of aryl methyl sites for hydroxylation is 2. The van der Waals surface area contributed by atoms with Crippen LogP contribution in [0.25, 0.3) is 22.4 Å². The molecule has 34 heavy (non-hydrogen) atoms. The minimum atomic E-state index is 0.127. The first kappa shape index (κ1) is 21.9. The number of fused-ring (bicyclic) bond motifs is 1. The molecule has 0 saturated heterocycles. The third kappa shape index (κ3) is 4.31. The van der Waals surface area contributed by atoms with Crippen LogP contribution in [0, 0.1) is 6.92 Å². The number of benzene rings is 3. The standard InChI is InChI=1S/C28H28N2O4/c1-3-20-14-22(23(31)16-25(20)34-17-19-8-5-4-6-9-19)28-27(18(2)29-30-28)21-10-11-24-26(15-21)33-13-7-12-32-24/h4-6,8-11,14-16,31H,3,7,12-13,17H2,1-2H3,(H,29,30). The van der Waals surface area contributed by atoms with Gasteiger partial charge in [0.2, 0.25) is 0 Å². The third-order valence-corrected chi connectivity index (χ3v) is 6.04. The van der Waals surface area contributed by atoms with Crippen LogP contribution in [0.2, 0.25) is 0 Å². The molecule has 0 aliphatic carbocycles. The van der Waals surface area contributed by atoms with Crippen LogP contribution in [0.15, 0.2) is 60.7 Å². The molecule has 4 aromatic rings. The molecule has 1 aromatic heterocycles. The molecule has 0 amide bonds. The molecule has 6 nitrogen and oxygen atoms in total. The van der Waals surface area contributed by atoms with Crippen molar-refractivity contribution in [2.45, 2.75) is 33.3 Å². The number of aromatic amines is 1. The smallest absolute Gasteiger partial charge is 0.161 e. The fourth-order valence-electron chi connectivity index (χ4n) is 4.25. The first-order chi connectivity index (χ1) is 16.6. The summed E-state index contributed by atoms with van der Waals surface area (Å²) in [7, 11) is 0. The highest BCUT2D eigenvalue weighted by atomic mass is 16.5. The minimum Gasteiger partial charge on any atom is -0.507 e. The number of H-pyrrole nitrogens is 1. The molecule has 6 heteroatoms. The number of ether oxygens (including phenoxy) is 3. The van der Waals surface area contributed by atoms with E-state index in [2.05, 4.69) is 17.1 Å². The Morgan fingerprint density at radius 2 is 1.79 bits per heavy atom. The Morgan fingerprint density at radius 1 is 1.00 bits per heavy atom. The Kier molecular flexibility index (Phi) is 6.12. The Morgan fingerprint density at radius 3 is 2.59 bits per heavy atom. The summed E-state index contributed by atoms with van der Waals surface area (Å²) in [5.74, 6) is 2.28. The first-order valence-corrected chi connectivity index (χ1v) is 11.6. The number of aromatic nitrogens is 2. The van der Waals surface area contributed by atoms with Crippen molar-refractivity contribution in [2.24, 2.45) is 0 Å². The normalized spacial score (nSPS) is 12.9. The topological polar surface area (TPSA) is 76.6 Å². The van der Waals surface area contributed by atoms with Gasteiger partial charge in [0.25, 0.3) is 0 Å². The van der Waals surface area contributed by atoms with Gasteiger partial charge in [-0.3, -0.25) is 5.10 Å². The summed E-state index contributed by atoms with van der Waals surface area (Å²) >= 11 is 0. The fourth-order valence-corrected chi connectivity index (χ4v) is 4.25. The highest BCUT2D eigenvalue weighted by molar-refractivity contribution is 5.86. The first-order valence-electron chi connectivity index (χ1n) is 11.6. The van der Waals surface area contributed by atoms with E-state index in [0.717, 1.165) is 52.3 Å². The predicted octanol–water partition coefficient (Wildman–Crippen LogP) is 6.06. The number of aromatic hydroxyl groups is 1. The molecule has 174 valence electrons. The van der Waals surface area contributed by atoms with E-state index < -0.39 is 0 Å². The van der Waals surface area contributed by atoms with Gasteiger partial charge in [0, 0.05) is 29.3 Å². The van der Waals surface area contributed by atoms with Gasteiger partial charge in [0.15, 0.2) is 11.5 Å². The number of phenolic OH excluding ortho intramolecular Hbond substituents is 1. The SMILES string of the molecule is CCc1cc(-c2n[nH]c(C)c2-c2ccc3c(c2)OCCCO3)c(O)cc1OCc1ccccc1. The van der Waals surface area contributed by atoms with Gasteiger partial charge in [-0.2, -0.15) is 5.10 Å². The lowest BCUT2D eigenvalue weighted by Crippen LogP contribution is -1.99. The number of nitrogens with zero attached hydrogens (tertiary/aromatic N) is 1. The molecular formula is C28H28N2O4. The maximum Gasteiger partial charge on any atom is 0.161 e.